The van der Waals surface area contributed by atoms with Crippen molar-refractivity contribution in [3.8, 4) is 5.75 Å². The number of hydrogen-bond acceptors (Lipinski definition) is 1. The Kier molecular flexibility index (Phi) is 11.6. The fourth-order valence-electron chi connectivity index (χ4n) is 4.56. The normalized spacial score (nSPS) is 19.7. The van der Waals surface area contributed by atoms with Gasteiger partial charge in [0.05, 0.1) is 6.61 Å². The van der Waals surface area contributed by atoms with E-state index in [1.165, 1.54) is 95.5 Å². The first-order valence-electron chi connectivity index (χ1n) is 12.2. The summed E-state index contributed by atoms with van der Waals surface area (Å²) < 4.78 is 20.1. The monoisotopic (exact) mass is 390 g/mol. The van der Waals surface area contributed by atoms with Crippen molar-refractivity contribution < 1.29 is 9.13 Å². The predicted molar refractivity (Wildman–Crippen MR) is 119 cm³/mol. The van der Waals surface area contributed by atoms with Gasteiger partial charge in [-0.15, -0.1) is 0 Å². The average Bonchev–Trinajstić information content (AvgIpc) is 2.73. The topological polar surface area (TPSA) is 9.23 Å². The fourth-order valence-corrected chi connectivity index (χ4v) is 4.56. The van der Waals surface area contributed by atoms with Crippen LogP contribution >= 0.6 is 0 Å². The van der Waals surface area contributed by atoms with Crippen LogP contribution in [0.3, 0.4) is 0 Å². The molecule has 1 aliphatic rings. The number of benzene rings is 1. The summed E-state index contributed by atoms with van der Waals surface area (Å²) in [4.78, 5) is 0. The third kappa shape index (κ3) is 8.53. The van der Waals surface area contributed by atoms with Gasteiger partial charge in [-0.1, -0.05) is 84.1 Å². The summed E-state index contributed by atoms with van der Waals surface area (Å²) in [6.45, 7) is 5.18. The highest BCUT2D eigenvalue weighted by atomic mass is 19.1. The number of rotatable bonds is 14. The molecule has 1 aliphatic carbocycles. The summed E-state index contributed by atoms with van der Waals surface area (Å²) in [5.74, 6) is 1.67. The van der Waals surface area contributed by atoms with Gasteiger partial charge in [0.25, 0.3) is 0 Å². The van der Waals surface area contributed by atoms with Crippen molar-refractivity contribution in [3.05, 3.63) is 29.6 Å². The Balaban J connectivity index is 1.57. The highest BCUT2D eigenvalue weighted by molar-refractivity contribution is 5.31. The zero-order chi connectivity index (χ0) is 20.0. The minimum Gasteiger partial charge on any atom is -0.491 e. The molecule has 0 atom stereocenters. The second-order valence-corrected chi connectivity index (χ2v) is 8.85. The van der Waals surface area contributed by atoms with Crippen molar-refractivity contribution >= 4 is 0 Å². The van der Waals surface area contributed by atoms with Crippen LogP contribution in [0.25, 0.3) is 0 Å². The molecule has 0 heterocycles. The summed E-state index contributed by atoms with van der Waals surface area (Å²) >= 11 is 0. The Morgan fingerprint density at radius 3 is 2.00 bits per heavy atom. The van der Waals surface area contributed by atoms with Gasteiger partial charge in [0.2, 0.25) is 0 Å². The van der Waals surface area contributed by atoms with E-state index in [0.29, 0.717) is 18.3 Å². The van der Waals surface area contributed by atoms with Crippen LogP contribution in [0.15, 0.2) is 18.2 Å². The third-order valence-corrected chi connectivity index (χ3v) is 6.61. The first kappa shape index (κ1) is 23.2. The Hall–Kier alpha value is -1.05. The van der Waals surface area contributed by atoms with Crippen molar-refractivity contribution in [2.24, 2.45) is 5.92 Å². The van der Waals surface area contributed by atoms with E-state index in [1.807, 2.05) is 6.07 Å². The summed E-state index contributed by atoms with van der Waals surface area (Å²) in [5.41, 5.74) is 1.17. The standard InChI is InChI=1S/C26H43FO/c1-3-5-6-7-8-9-10-11-12-13-20-28-26-19-18-24(21-25(26)27)23-16-14-22(4-2)15-17-23/h18-19,21-23H,3-17,20H2,1-2H3. The van der Waals surface area contributed by atoms with Gasteiger partial charge in [0.15, 0.2) is 11.6 Å². The van der Waals surface area contributed by atoms with Crippen molar-refractivity contribution in [1.82, 2.24) is 0 Å². The highest BCUT2D eigenvalue weighted by Gasteiger charge is 2.22. The molecule has 2 rings (SSSR count). The average molecular weight is 391 g/mol. The van der Waals surface area contributed by atoms with E-state index < -0.39 is 0 Å². The minimum atomic E-state index is -0.179. The third-order valence-electron chi connectivity index (χ3n) is 6.61. The summed E-state index contributed by atoms with van der Waals surface area (Å²) in [5, 5.41) is 0. The first-order chi connectivity index (χ1) is 13.7. The number of unbranched alkanes of at least 4 members (excludes halogenated alkanes) is 9. The smallest absolute Gasteiger partial charge is 0.165 e. The molecule has 1 aromatic carbocycles. The lowest BCUT2D eigenvalue weighted by atomic mass is 9.78. The van der Waals surface area contributed by atoms with Crippen molar-refractivity contribution in [3.63, 3.8) is 0 Å². The maximum atomic E-state index is 14.4. The highest BCUT2D eigenvalue weighted by Crippen LogP contribution is 2.37. The lowest BCUT2D eigenvalue weighted by Gasteiger charge is -2.28. The summed E-state index contributed by atoms with van der Waals surface area (Å²) in [6, 6.07) is 5.67. The van der Waals surface area contributed by atoms with E-state index in [2.05, 4.69) is 19.9 Å². The lowest BCUT2D eigenvalue weighted by Crippen LogP contribution is -2.12. The SMILES string of the molecule is CCCCCCCCCCCCOc1ccc(C2CCC(CC)CC2)cc1F. The molecule has 0 aliphatic heterocycles. The minimum absolute atomic E-state index is 0.179. The van der Waals surface area contributed by atoms with Crippen molar-refractivity contribution in [1.29, 1.82) is 0 Å². The van der Waals surface area contributed by atoms with E-state index in [-0.39, 0.29) is 5.82 Å². The molecule has 0 spiro atoms. The van der Waals surface area contributed by atoms with Gasteiger partial charge < -0.3 is 4.74 Å². The van der Waals surface area contributed by atoms with Gasteiger partial charge in [-0.3, -0.25) is 0 Å². The molecule has 0 aromatic heterocycles. The summed E-state index contributed by atoms with van der Waals surface area (Å²) in [6.07, 6.45) is 19.3. The maximum Gasteiger partial charge on any atom is 0.165 e. The zero-order valence-corrected chi connectivity index (χ0v) is 18.5. The molecule has 0 unspecified atom stereocenters. The van der Waals surface area contributed by atoms with Crippen LogP contribution in [0.1, 0.15) is 122 Å². The first-order valence-corrected chi connectivity index (χ1v) is 12.2. The molecule has 1 saturated carbocycles. The van der Waals surface area contributed by atoms with Gasteiger partial charge in [0, 0.05) is 0 Å². The Labute approximate surface area is 173 Å². The largest absolute Gasteiger partial charge is 0.491 e. The number of halogens is 1. The fraction of sp³-hybridized carbons (Fsp3) is 0.769. The van der Waals surface area contributed by atoms with Crippen LogP contribution < -0.4 is 4.74 Å². The molecule has 0 bridgehead atoms. The van der Waals surface area contributed by atoms with Crippen LogP contribution in [-0.4, -0.2) is 6.61 Å². The van der Waals surface area contributed by atoms with E-state index in [1.54, 1.807) is 6.07 Å². The second kappa shape index (κ2) is 14.0. The number of ether oxygens (including phenoxy) is 1. The van der Waals surface area contributed by atoms with Crippen LogP contribution in [0.4, 0.5) is 4.39 Å². The van der Waals surface area contributed by atoms with Gasteiger partial charge in [-0.05, 0) is 61.6 Å². The van der Waals surface area contributed by atoms with Crippen LogP contribution in [0.5, 0.6) is 5.75 Å². The van der Waals surface area contributed by atoms with Gasteiger partial charge in [-0.25, -0.2) is 4.39 Å². The second-order valence-electron chi connectivity index (χ2n) is 8.85. The van der Waals surface area contributed by atoms with Crippen molar-refractivity contribution in [2.75, 3.05) is 6.61 Å². The Bertz CT molecular complexity index is 519. The van der Waals surface area contributed by atoms with Crippen LogP contribution in [-0.2, 0) is 0 Å². The molecular formula is C26H43FO. The lowest BCUT2D eigenvalue weighted by molar-refractivity contribution is 0.288. The Morgan fingerprint density at radius 2 is 1.43 bits per heavy atom. The van der Waals surface area contributed by atoms with Crippen molar-refractivity contribution in [2.45, 2.75) is 116 Å². The molecule has 28 heavy (non-hydrogen) atoms. The maximum absolute atomic E-state index is 14.4. The van der Waals surface area contributed by atoms with E-state index in [0.717, 1.165) is 12.3 Å². The quantitative estimate of drug-likeness (QED) is 0.288. The van der Waals surface area contributed by atoms with E-state index in [4.69, 9.17) is 4.74 Å². The molecule has 1 nitrogen and oxygen atoms in total. The molecule has 2 heteroatoms. The molecule has 1 aromatic rings. The van der Waals surface area contributed by atoms with Gasteiger partial charge >= 0.3 is 0 Å². The molecule has 0 amide bonds. The molecule has 0 radical (unpaired) electrons. The van der Waals surface area contributed by atoms with Crippen LogP contribution in [0.2, 0.25) is 0 Å². The molecular weight excluding hydrogens is 347 g/mol. The van der Waals surface area contributed by atoms with E-state index >= 15 is 0 Å². The number of hydrogen-bond donors (Lipinski definition) is 0. The molecule has 160 valence electrons. The molecule has 1 fully saturated rings. The van der Waals surface area contributed by atoms with E-state index in [9.17, 15) is 4.39 Å². The van der Waals surface area contributed by atoms with Gasteiger partial charge in [0.1, 0.15) is 0 Å². The van der Waals surface area contributed by atoms with Gasteiger partial charge in [-0.2, -0.15) is 0 Å². The zero-order valence-electron chi connectivity index (χ0n) is 18.5. The summed E-state index contributed by atoms with van der Waals surface area (Å²) in [7, 11) is 0. The molecule has 0 N–H and O–H groups in total. The Morgan fingerprint density at radius 1 is 0.821 bits per heavy atom. The molecule has 0 saturated heterocycles. The van der Waals surface area contributed by atoms with Crippen LogP contribution in [0, 0.1) is 11.7 Å². The predicted octanol–water partition coefficient (Wildman–Crippen LogP) is 8.81.